The number of ether oxygens (including phenoxy) is 3. The molecule has 2 N–H and O–H groups in total. The van der Waals surface area contributed by atoms with Gasteiger partial charge >= 0.3 is 24.7 Å². The number of hydrogen-bond donors (Lipinski definition) is 2. The van der Waals surface area contributed by atoms with Crippen LogP contribution in [-0.2, 0) is 24.4 Å². The molecule has 0 aliphatic heterocycles. The molecule has 14 heteroatoms. The van der Waals surface area contributed by atoms with Crippen LogP contribution < -0.4 is 14.2 Å². The van der Waals surface area contributed by atoms with Crippen LogP contribution in [0.2, 0.25) is 0 Å². The minimum absolute atomic E-state index is 0.0137. The van der Waals surface area contributed by atoms with Crippen molar-refractivity contribution in [3.05, 3.63) is 113 Å². The minimum Gasteiger partial charge on any atom is -0.489 e. The lowest BCUT2D eigenvalue weighted by atomic mass is 10.0. The molecule has 4 rings (SSSR count). The van der Waals surface area contributed by atoms with E-state index in [2.05, 4.69) is 9.47 Å². The number of carboxylic acids is 2. The van der Waals surface area contributed by atoms with Crippen LogP contribution in [0.1, 0.15) is 46.3 Å². The van der Waals surface area contributed by atoms with Gasteiger partial charge in [0.25, 0.3) is 0 Å². The quantitative estimate of drug-likeness (QED) is 0.0831. The fourth-order valence-electron chi connectivity index (χ4n) is 5.06. The first-order valence-corrected chi connectivity index (χ1v) is 15.4. The number of carbonyl (C=O) groups is 2. The highest BCUT2D eigenvalue weighted by Gasteiger charge is 2.32. The van der Waals surface area contributed by atoms with Crippen molar-refractivity contribution in [3.8, 4) is 28.4 Å². The third-order valence-electron chi connectivity index (χ3n) is 7.45. The SMILES string of the molecule is O=C(O)CCCCN(CCc1cc(OC(F)(F)F)ccc1OCc1ccc(-c2ccc(OC(F)(F)F)cc2)cc1)Cc1ccc(C(=O)O)cc1. The van der Waals surface area contributed by atoms with Gasteiger partial charge in [0.1, 0.15) is 23.9 Å². The fourth-order valence-corrected chi connectivity index (χ4v) is 5.06. The Morgan fingerprint density at radius 3 is 1.80 bits per heavy atom. The summed E-state index contributed by atoms with van der Waals surface area (Å²) in [6.07, 6.45) is -8.52. The molecular weight excluding hydrogens is 672 g/mol. The highest BCUT2D eigenvalue weighted by Crippen LogP contribution is 2.31. The number of rotatable bonds is 17. The van der Waals surface area contributed by atoms with Gasteiger partial charge in [-0.25, -0.2) is 4.79 Å². The molecule has 0 unspecified atom stereocenters. The number of aromatic carboxylic acids is 1. The lowest BCUT2D eigenvalue weighted by Crippen LogP contribution is -2.27. The number of nitrogens with zero attached hydrogens (tertiary/aromatic N) is 1. The summed E-state index contributed by atoms with van der Waals surface area (Å²) in [5, 5.41) is 18.2. The molecule has 0 saturated carbocycles. The highest BCUT2D eigenvalue weighted by atomic mass is 19.4. The summed E-state index contributed by atoms with van der Waals surface area (Å²) in [6, 6.07) is 22.5. The Labute approximate surface area is 283 Å². The van der Waals surface area contributed by atoms with Crippen molar-refractivity contribution in [2.45, 2.75) is 51.6 Å². The zero-order chi connectivity index (χ0) is 36.3. The summed E-state index contributed by atoms with van der Waals surface area (Å²) in [4.78, 5) is 24.2. The lowest BCUT2D eigenvalue weighted by Gasteiger charge is -2.23. The molecule has 0 radical (unpaired) electrons. The molecule has 0 bridgehead atoms. The second-order valence-corrected chi connectivity index (χ2v) is 11.3. The van der Waals surface area contributed by atoms with Gasteiger partial charge in [0.05, 0.1) is 5.56 Å². The number of aliphatic carboxylic acids is 1. The van der Waals surface area contributed by atoms with Crippen molar-refractivity contribution in [2.75, 3.05) is 13.1 Å². The Morgan fingerprint density at radius 2 is 1.22 bits per heavy atom. The number of benzene rings is 4. The van der Waals surface area contributed by atoms with E-state index in [1.165, 1.54) is 48.5 Å². The Bertz CT molecular complexity index is 1710. The number of carboxylic acid groups (broad SMARTS) is 2. The second kappa shape index (κ2) is 16.9. The molecule has 0 amide bonds. The summed E-state index contributed by atoms with van der Waals surface area (Å²) in [5.41, 5.74) is 3.45. The predicted molar refractivity (Wildman–Crippen MR) is 170 cm³/mol. The molecular formula is C36H33F6NO7. The van der Waals surface area contributed by atoms with E-state index in [4.69, 9.17) is 9.84 Å². The molecule has 0 aliphatic rings. The van der Waals surface area contributed by atoms with Gasteiger partial charge in [-0.2, -0.15) is 0 Å². The predicted octanol–water partition coefficient (Wildman–Crippen LogP) is 8.73. The minimum atomic E-state index is -4.91. The van der Waals surface area contributed by atoms with E-state index in [-0.39, 0.29) is 30.8 Å². The fraction of sp³-hybridized carbons (Fsp3) is 0.278. The standard InChI is InChI=1S/C36H33F6NO7/c37-35(38,39)49-30-14-12-27(13-15-30)26-8-6-25(7-9-26)23-48-32-17-16-31(50-36(40,41)42)21-29(32)18-20-43(19-2-1-3-33(44)45)22-24-4-10-28(11-5-24)34(46)47/h4-17,21H,1-3,18-20,22-23H2,(H,44,45)(H,46,47). The first kappa shape index (κ1) is 37.6. The van der Waals surface area contributed by atoms with Gasteiger partial charge in [-0.05, 0) is 96.1 Å². The third kappa shape index (κ3) is 12.7. The summed E-state index contributed by atoms with van der Waals surface area (Å²) >= 11 is 0. The maximum atomic E-state index is 13.1. The molecule has 0 heterocycles. The van der Waals surface area contributed by atoms with Gasteiger partial charge in [-0.1, -0.05) is 48.5 Å². The third-order valence-corrected chi connectivity index (χ3v) is 7.45. The van der Waals surface area contributed by atoms with Crippen molar-refractivity contribution in [3.63, 3.8) is 0 Å². The average molecular weight is 706 g/mol. The summed E-state index contributed by atoms with van der Waals surface area (Å²) < 4.78 is 90.6. The smallest absolute Gasteiger partial charge is 0.489 e. The molecule has 4 aromatic carbocycles. The molecule has 50 heavy (non-hydrogen) atoms. The zero-order valence-corrected chi connectivity index (χ0v) is 26.5. The van der Waals surface area contributed by atoms with E-state index >= 15 is 0 Å². The molecule has 0 aromatic heterocycles. The van der Waals surface area contributed by atoms with Crippen LogP contribution in [0.3, 0.4) is 0 Å². The van der Waals surface area contributed by atoms with E-state index in [1.807, 2.05) is 4.90 Å². The Hall–Kier alpha value is -5.24. The van der Waals surface area contributed by atoms with Crippen molar-refractivity contribution in [1.29, 1.82) is 0 Å². The molecule has 0 saturated heterocycles. The first-order chi connectivity index (χ1) is 23.6. The Morgan fingerprint density at radius 1 is 0.660 bits per heavy atom. The van der Waals surface area contributed by atoms with Gasteiger partial charge in [0, 0.05) is 19.5 Å². The van der Waals surface area contributed by atoms with Crippen LogP contribution in [0.5, 0.6) is 17.2 Å². The van der Waals surface area contributed by atoms with Gasteiger partial charge in [-0.15, -0.1) is 26.3 Å². The van der Waals surface area contributed by atoms with Crippen molar-refractivity contribution >= 4 is 11.9 Å². The van der Waals surface area contributed by atoms with Crippen LogP contribution in [0.25, 0.3) is 11.1 Å². The Balaban J connectivity index is 1.47. The first-order valence-electron chi connectivity index (χ1n) is 15.4. The molecule has 266 valence electrons. The van der Waals surface area contributed by atoms with Crippen molar-refractivity contribution in [1.82, 2.24) is 4.90 Å². The number of unbranched alkanes of at least 4 members (excludes halogenated alkanes) is 1. The van der Waals surface area contributed by atoms with Gasteiger partial charge in [0.2, 0.25) is 0 Å². The van der Waals surface area contributed by atoms with Gasteiger partial charge in [0.15, 0.2) is 0 Å². The molecule has 8 nitrogen and oxygen atoms in total. The van der Waals surface area contributed by atoms with Crippen LogP contribution in [0, 0.1) is 0 Å². The second-order valence-electron chi connectivity index (χ2n) is 11.3. The maximum Gasteiger partial charge on any atom is 0.573 e. The van der Waals surface area contributed by atoms with Crippen LogP contribution in [-0.4, -0.2) is 52.9 Å². The van der Waals surface area contributed by atoms with E-state index in [9.17, 15) is 41.0 Å². The van der Waals surface area contributed by atoms with Crippen LogP contribution >= 0.6 is 0 Å². The molecule has 0 fully saturated rings. The molecule has 0 spiro atoms. The summed E-state index contributed by atoms with van der Waals surface area (Å²) in [5.74, 6) is -2.44. The monoisotopic (exact) mass is 705 g/mol. The topological polar surface area (TPSA) is 106 Å². The number of halogens is 6. The largest absolute Gasteiger partial charge is 0.573 e. The number of alkyl halides is 6. The summed E-state index contributed by atoms with van der Waals surface area (Å²) in [7, 11) is 0. The van der Waals surface area contributed by atoms with E-state index in [0.717, 1.165) is 22.8 Å². The zero-order valence-electron chi connectivity index (χ0n) is 26.5. The molecule has 0 aliphatic carbocycles. The summed E-state index contributed by atoms with van der Waals surface area (Å²) in [6.45, 7) is 1.26. The maximum absolute atomic E-state index is 13.1. The van der Waals surface area contributed by atoms with Gasteiger partial charge in [-0.3, -0.25) is 9.69 Å². The number of hydrogen-bond acceptors (Lipinski definition) is 6. The highest BCUT2D eigenvalue weighted by molar-refractivity contribution is 5.87. The van der Waals surface area contributed by atoms with E-state index < -0.39 is 30.4 Å². The van der Waals surface area contributed by atoms with Gasteiger partial charge < -0.3 is 24.4 Å². The molecule has 0 atom stereocenters. The van der Waals surface area contributed by atoms with Crippen molar-refractivity contribution < 1.29 is 60.4 Å². The lowest BCUT2D eigenvalue weighted by molar-refractivity contribution is -0.275. The van der Waals surface area contributed by atoms with Crippen molar-refractivity contribution in [2.24, 2.45) is 0 Å². The normalized spacial score (nSPS) is 11.7. The van der Waals surface area contributed by atoms with Crippen LogP contribution in [0.15, 0.2) is 91.0 Å². The van der Waals surface area contributed by atoms with E-state index in [1.54, 1.807) is 36.4 Å². The van der Waals surface area contributed by atoms with E-state index in [0.29, 0.717) is 49.4 Å². The Kier molecular flexibility index (Phi) is 12.7. The molecule has 4 aromatic rings. The average Bonchev–Trinajstić information content (AvgIpc) is 3.04. The van der Waals surface area contributed by atoms with Crippen LogP contribution in [0.4, 0.5) is 26.3 Å².